The summed E-state index contributed by atoms with van der Waals surface area (Å²) in [4.78, 5) is 0. The molecule has 15 heavy (non-hydrogen) atoms. The molecule has 2 heteroatoms. The average molecular weight is 207 g/mol. The predicted octanol–water partition coefficient (Wildman–Crippen LogP) is 2.16. The molecule has 0 saturated heterocycles. The van der Waals surface area contributed by atoms with E-state index in [1.54, 1.807) is 0 Å². The van der Waals surface area contributed by atoms with Crippen LogP contribution in [0.3, 0.4) is 0 Å². The van der Waals surface area contributed by atoms with E-state index in [0.717, 1.165) is 6.54 Å². The van der Waals surface area contributed by atoms with Crippen molar-refractivity contribution in [2.75, 3.05) is 6.54 Å². The third-order valence-electron chi connectivity index (χ3n) is 2.37. The smallest absolute Gasteiger partial charge is 0.0715 e. The van der Waals surface area contributed by atoms with Crippen molar-refractivity contribution in [3.8, 4) is 0 Å². The van der Waals surface area contributed by atoms with E-state index in [4.69, 9.17) is 0 Å². The first-order valence-electron chi connectivity index (χ1n) is 5.38. The number of hydrogen-bond donors (Lipinski definition) is 2. The Morgan fingerprint density at radius 2 is 1.93 bits per heavy atom. The van der Waals surface area contributed by atoms with Gasteiger partial charge in [-0.3, -0.25) is 0 Å². The first-order valence-corrected chi connectivity index (χ1v) is 5.38. The molecule has 0 aliphatic carbocycles. The lowest BCUT2D eigenvalue weighted by atomic mass is 10.1. The van der Waals surface area contributed by atoms with Crippen molar-refractivity contribution in [3.63, 3.8) is 0 Å². The number of aryl methyl sites for hydroxylation is 2. The molecule has 0 aliphatic rings. The van der Waals surface area contributed by atoms with Crippen LogP contribution in [0.1, 0.15) is 30.5 Å². The molecule has 0 radical (unpaired) electrons. The van der Waals surface area contributed by atoms with Crippen molar-refractivity contribution in [2.24, 2.45) is 0 Å². The molecule has 0 aromatic heterocycles. The van der Waals surface area contributed by atoms with Gasteiger partial charge in [0.1, 0.15) is 0 Å². The highest BCUT2D eigenvalue weighted by molar-refractivity contribution is 5.30. The van der Waals surface area contributed by atoms with Crippen molar-refractivity contribution in [1.82, 2.24) is 5.32 Å². The topological polar surface area (TPSA) is 32.3 Å². The van der Waals surface area contributed by atoms with Crippen LogP contribution in [-0.2, 0) is 6.54 Å². The summed E-state index contributed by atoms with van der Waals surface area (Å²) in [7, 11) is 0. The van der Waals surface area contributed by atoms with Crippen LogP contribution in [0.25, 0.3) is 0 Å². The molecule has 0 fully saturated rings. The van der Waals surface area contributed by atoms with Crippen LogP contribution in [-0.4, -0.2) is 17.3 Å². The van der Waals surface area contributed by atoms with E-state index in [1.807, 2.05) is 13.8 Å². The summed E-state index contributed by atoms with van der Waals surface area (Å²) in [6.07, 6.45) is 0. The maximum Gasteiger partial charge on any atom is 0.0715 e. The van der Waals surface area contributed by atoms with Crippen LogP contribution in [0.15, 0.2) is 18.2 Å². The molecule has 0 atom stereocenters. The van der Waals surface area contributed by atoms with Crippen LogP contribution in [0, 0.1) is 13.8 Å². The molecule has 0 bridgehead atoms. The summed E-state index contributed by atoms with van der Waals surface area (Å²) in [5.41, 5.74) is 3.25. The Morgan fingerprint density at radius 1 is 1.27 bits per heavy atom. The summed E-state index contributed by atoms with van der Waals surface area (Å²) < 4.78 is 0. The van der Waals surface area contributed by atoms with Gasteiger partial charge < -0.3 is 10.4 Å². The van der Waals surface area contributed by atoms with Gasteiger partial charge in [-0.1, -0.05) is 23.8 Å². The van der Waals surface area contributed by atoms with E-state index < -0.39 is 5.60 Å². The van der Waals surface area contributed by atoms with Crippen LogP contribution in [0.4, 0.5) is 0 Å². The fourth-order valence-corrected chi connectivity index (χ4v) is 1.55. The minimum absolute atomic E-state index is 0.611. The second-order valence-electron chi connectivity index (χ2n) is 4.85. The Balaban J connectivity index is 2.51. The molecule has 1 aromatic rings. The van der Waals surface area contributed by atoms with Gasteiger partial charge in [0.25, 0.3) is 0 Å². The number of nitrogens with one attached hydrogen (secondary N) is 1. The Hall–Kier alpha value is -0.860. The second-order valence-corrected chi connectivity index (χ2v) is 4.85. The molecule has 84 valence electrons. The first-order chi connectivity index (χ1) is 6.88. The van der Waals surface area contributed by atoms with Gasteiger partial charge in [0.15, 0.2) is 0 Å². The molecular formula is C13H21NO. The normalized spacial score (nSPS) is 11.8. The van der Waals surface area contributed by atoms with E-state index >= 15 is 0 Å². The highest BCUT2D eigenvalue weighted by Gasteiger charge is 2.11. The largest absolute Gasteiger partial charge is 0.389 e. The van der Waals surface area contributed by atoms with E-state index in [9.17, 15) is 5.11 Å². The fraction of sp³-hybridized carbons (Fsp3) is 0.538. The molecule has 0 aliphatic heterocycles. The van der Waals surface area contributed by atoms with Crippen molar-refractivity contribution in [2.45, 2.75) is 39.8 Å². The SMILES string of the molecule is Cc1ccc(CNCC(C)(C)O)c(C)c1. The van der Waals surface area contributed by atoms with Gasteiger partial charge in [-0.2, -0.15) is 0 Å². The molecule has 1 rings (SSSR count). The third-order valence-corrected chi connectivity index (χ3v) is 2.37. The summed E-state index contributed by atoms with van der Waals surface area (Å²) in [6.45, 7) is 9.26. The Bertz CT molecular complexity index is 326. The molecule has 2 N–H and O–H groups in total. The highest BCUT2D eigenvalue weighted by Crippen LogP contribution is 2.10. The number of hydrogen-bond acceptors (Lipinski definition) is 2. The predicted molar refractivity (Wildman–Crippen MR) is 63.9 cm³/mol. The Morgan fingerprint density at radius 3 is 2.47 bits per heavy atom. The zero-order valence-corrected chi connectivity index (χ0v) is 10.1. The lowest BCUT2D eigenvalue weighted by molar-refractivity contribution is 0.0795. The minimum Gasteiger partial charge on any atom is -0.389 e. The Labute approximate surface area is 92.3 Å². The standard InChI is InChI=1S/C13H21NO/c1-10-5-6-12(11(2)7-10)8-14-9-13(3,4)15/h5-7,14-15H,8-9H2,1-4H3. The van der Waals surface area contributed by atoms with Crippen molar-refractivity contribution in [1.29, 1.82) is 0 Å². The van der Waals surface area contributed by atoms with E-state index in [-0.39, 0.29) is 0 Å². The van der Waals surface area contributed by atoms with Gasteiger partial charge in [0.05, 0.1) is 5.60 Å². The van der Waals surface area contributed by atoms with Gasteiger partial charge in [0.2, 0.25) is 0 Å². The maximum atomic E-state index is 9.55. The highest BCUT2D eigenvalue weighted by atomic mass is 16.3. The van der Waals surface area contributed by atoms with Crippen LogP contribution in [0.5, 0.6) is 0 Å². The number of aliphatic hydroxyl groups is 1. The summed E-state index contributed by atoms with van der Waals surface area (Å²) in [5.74, 6) is 0. The van der Waals surface area contributed by atoms with E-state index in [1.165, 1.54) is 16.7 Å². The van der Waals surface area contributed by atoms with Gasteiger partial charge in [0, 0.05) is 13.1 Å². The lowest BCUT2D eigenvalue weighted by Gasteiger charge is -2.18. The number of rotatable bonds is 4. The van der Waals surface area contributed by atoms with Gasteiger partial charge in [-0.15, -0.1) is 0 Å². The summed E-state index contributed by atoms with van der Waals surface area (Å²) >= 11 is 0. The monoisotopic (exact) mass is 207 g/mol. The quantitative estimate of drug-likeness (QED) is 0.793. The zero-order chi connectivity index (χ0) is 11.5. The minimum atomic E-state index is -0.640. The molecule has 2 nitrogen and oxygen atoms in total. The maximum absolute atomic E-state index is 9.55. The fourth-order valence-electron chi connectivity index (χ4n) is 1.55. The van der Waals surface area contributed by atoms with Crippen LogP contribution < -0.4 is 5.32 Å². The molecule has 0 amide bonds. The molecule has 0 unspecified atom stereocenters. The lowest BCUT2D eigenvalue weighted by Crippen LogP contribution is -2.34. The number of benzene rings is 1. The van der Waals surface area contributed by atoms with E-state index in [2.05, 4.69) is 37.4 Å². The van der Waals surface area contributed by atoms with Crippen LogP contribution in [0.2, 0.25) is 0 Å². The first kappa shape index (κ1) is 12.2. The van der Waals surface area contributed by atoms with Crippen molar-refractivity contribution >= 4 is 0 Å². The molecule has 0 saturated carbocycles. The summed E-state index contributed by atoms with van der Waals surface area (Å²) in [5, 5.41) is 12.8. The summed E-state index contributed by atoms with van der Waals surface area (Å²) in [6, 6.07) is 6.44. The molecule has 0 spiro atoms. The van der Waals surface area contributed by atoms with Gasteiger partial charge in [-0.25, -0.2) is 0 Å². The average Bonchev–Trinajstić information content (AvgIpc) is 2.07. The van der Waals surface area contributed by atoms with Crippen molar-refractivity contribution in [3.05, 3.63) is 34.9 Å². The van der Waals surface area contributed by atoms with Gasteiger partial charge >= 0.3 is 0 Å². The van der Waals surface area contributed by atoms with Gasteiger partial charge in [-0.05, 0) is 38.8 Å². The molecule has 1 aromatic carbocycles. The third kappa shape index (κ3) is 4.45. The molecule has 0 heterocycles. The molecular weight excluding hydrogens is 186 g/mol. The van der Waals surface area contributed by atoms with Crippen LogP contribution >= 0.6 is 0 Å². The zero-order valence-electron chi connectivity index (χ0n) is 10.1. The van der Waals surface area contributed by atoms with Crippen molar-refractivity contribution < 1.29 is 5.11 Å². The van der Waals surface area contributed by atoms with E-state index in [0.29, 0.717) is 6.54 Å². The Kier molecular flexibility index (Phi) is 3.89. The second kappa shape index (κ2) is 4.77.